The van der Waals surface area contributed by atoms with Crippen LogP contribution < -0.4 is 10.2 Å². The van der Waals surface area contributed by atoms with Gasteiger partial charge in [-0.1, -0.05) is 0 Å². The fourth-order valence-electron chi connectivity index (χ4n) is 3.21. The lowest BCUT2D eigenvalue weighted by molar-refractivity contribution is 0.0636. The van der Waals surface area contributed by atoms with E-state index < -0.39 is 11.7 Å². The van der Waals surface area contributed by atoms with Gasteiger partial charge in [0.2, 0.25) is 0 Å². The zero-order valence-electron chi connectivity index (χ0n) is 15.0. The number of amides is 1. The van der Waals surface area contributed by atoms with Crippen molar-refractivity contribution in [1.82, 2.24) is 9.38 Å². The highest BCUT2D eigenvalue weighted by Crippen LogP contribution is 2.29. The number of aromatic nitrogens is 2. The van der Waals surface area contributed by atoms with Crippen molar-refractivity contribution in [2.24, 2.45) is 0 Å². The number of fused-ring (bicyclic) bond motifs is 1. The number of hydrogen-bond acceptors (Lipinski definition) is 5. The van der Waals surface area contributed by atoms with Crippen LogP contribution in [-0.2, 0) is 4.74 Å². The molecule has 2 aromatic rings. The first-order valence-electron chi connectivity index (χ1n) is 8.71. The third-order valence-electron chi connectivity index (χ3n) is 4.28. The molecule has 2 N–H and O–H groups in total. The van der Waals surface area contributed by atoms with Crippen LogP contribution >= 0.6 is 0 Å². The van der Waals surface area contributed by atoms with Crippen LogP contribution in [0.3, 0.4) is 0 Å². The van der Waals surface area contributed by atoms with E-state index in [1.54, 1.807) is 6.20 Å². The summed E-state index contributed by atoms with van der Waals surface area (Å²) in [7, 11) is 0. The van der Waals surface area contributed by atoms with Gasteiger partial charge in [-0.2, -0.15) is 0 Å². The number of hydrogen-bond donors (Lipinski definition) is 2. The first kappa shape index (κ1) is 17.5. The molecule has 1 saturated heterocycles. The number of imidazole rings is 1. The van der Waals surface area contributed by atoms with Gasteiger partial charge in [-0.15, -0.1) is 0 Å². The normalized spacial score (nSPS) is 18.4. The van der Waals surface area contributed by atoms with Gasteiger partial charge in [0.25, 0.3) is 0 Å². The molecule has 7 heteroatoms. The van der Waals surface area contributed by atoms with Crippen LogP contribution in [0.4, 0.5) is 16.2 Å². The van der Waals surface area contributed by atoms with E-state index in [0.29, 0.717) is 11.3 Å². The average molecular weight is 346 g/mol. The van der Waals surface area contributed by atoms with Gasteiger partial charge >= 0.3 is 6.09 Å². The Labute approximate surface area is 147 Å². The molecule has 0 spiro atoms. The molecule has 0 radical (unpaired) electrons. The molecule has 136 valence electrons. The Kier molecular flexibility index (Phi) is 4.85. The minimum atomic E-state index is -0.567. The lowest BCUT2D eigenvalue weighted by atomic mass is 10.0. The minimum absolute atomic E-state index is 0.101. The van der Waals surface area contributed by atoms with Crippen molar-refractivity contribution >= 4 is 23.1 Å². The molecule has 0 aromatic carbocycles. The number of rotatable bonds is 3. The zero-order valence-corrected chi connectivity index (χ0v) is 15.0. The standard InChI is InChI=1S/C18H26N4O3/c1-18(2,3)25-17(24)20-15-10-14(11-21-9-7-19-16(15)21)22-8-5-4-6-13(22)12-23/h7,9-11,13,23H,4-6,8,12H2,1-3H3,(H,20,24). The van der Waals surface area contributed by atoms with E-state index in [-0.39, 0.29) is 12.6 Å². The summed E-state index contributed by atoms with van der Waals surface area (Å²) in [6, 6.07) is 2.00. The average Bonchev–Trinajstić information content (AvgIpc) is 3.01. The molecule has 7 nitrogen and oxygen atoms in total. The molecule has 0 saturated carbocycles. The third-order valence-corrected chi connectivity index (χ3v) is 4.28. The van der Waals surface area contributed by atoms with E-state index in [4.69, 9.17) is 4.74 Å². The lowest BCUT2D eigenvalue weighted by Crippen LogP contribution is -2.42. The van der Waals surface area contributed by atoms with Gasteiger partial charge in [0.1, 0.15) is 5.60 Å². The summed E-state index contributed by atoms with van der Waals surface area (Å²) in [5, 5.41) is 12.5. The van der Waals surface area contributed by atoms with Crippen LogP contribution in [0.25, 0.3) is 5.65 Å². The molecule has 1 atom stereocenters. The van der Waals surface area contributed by atoms with Crippen molar-refractivity contribution in [3.05, 3.63) is 24.7 Å². The first-order chi connectivity index (χ1) is 11.9. The van der Waals surface area contributed by atoms with Crippen LogP contribution in [0.1, 0.15) is 40.0 Å². The second-order valence-electron chi connectivity index (χ2n) is 7.42. The molecule has 0 aliphatic carbocycles. The molecule has 0 bridgehead atoms. The maximum absolute atomic E-state index is 12.2. The van der Waals surface area contributed by atoms with Gasteiger partial charge in [-0.25, -0.2) is 9.78 Å². The number of carbonyl (C=O) groups excluding carboxylic acids is 1. The van der Waals surface area contributed by atoms with Crippen LogP contribution in [-0.4, -0.2) is 45.4 Å². The van der Waals surface area contributed by atoms with Gasteiger partial charge < -0.3 is 19.1 Å². The molecule has 3 heterocycles. The number of pyridine rings is 1. The SMILES string of the molecule is CC(C)(C)OC(=O)Nc1cc(N2CCCCC2CO)cn2ccnc12. The summed E-state index contributed by atoms with van der Waals surface area (Å²) < 4.78 is 7.23. The van der Waals surface area contributed by atoms with Crippen molar-refractivity contribution in [3.63, 3.8) is 0 Å². The summed E-state index contributed by atoms with van der Waals surface area (Å²) in [5.41, 5.74) is 1.64. The quantitative estimate of drug-likeness (QED) is 0.893. The maximum Gasteiger partial charge on any atom is 0.412 e. The van der Waals surface area contributed by atoms with Crippen molar-refractivity contribution < 1.29 is 14.6 Å². The molecular weight excluding hydrogens is 320 g/mol. The van der Waals surface area contributed by atoms with Crippen LogP contribution in [0.2, 0.25) is 0 Å². The molecule has 25 heavy (non-hydrogen) atoms. The van der Waals surface area contributed by atoms with E-state index in [0.717, 1.165) is 31.5 Å². The van der Waals surface area contributed by atoms with Crippen molar-refractivity contribution in [1.29, 1.82) is 0 Å². The summed E-state index contributed by atoms with van der Waals surface area (Å²) in [4.78, 5) is 18.7. The Balaban J connectivity index is 1.92. The van der Waals surface area contributed by atoms with E-state index in [9.17, 15) is 9.90 Å². The smallest absolute Gasteiger partial charge is 0.412 e. The number of nitrogens with zero attached hydrogens (tertiary/aromatic N) is 3. The molecular formula is C18H26N4O3. The fraction of sp³-hybridized carbons (Fsp3) is 0.556. The maximum atomic E-state index is 12.2. The van der Waals surface area contributed by atoms with E-state index in [1.165, 1.54) is 0 Å². The number of aliphatic hydroxyl groups is 1. The molecule has 1 fully saturated rings. The fourth-order valence-corrected chi connectivity index (χ4v) is 3.21. The van der Waals surface area contributed by atoms with Crippen molar-refractivity contribution in [2.75, 3.05) is 23.4 Å². The van der Waals surface area contributed by atoms with Crippen LogP contribution in [0.15, 0.2) is 24.7 Å². The number of aliphatic hydroxyl groups excluding tert-OH is 1. The van der Waals surface area contributed by atoms with Gasteiger partial charge in [0.15, 0.2) is 5.65 Å². The van der Waals surface area contributed by atoms with Gasteiger partial charge in [-0.05, 0) is 46.1 Å². The number of ether oxygens (including phenoxy) is 1. The van der Waals surface area contributed by atoms with E-state index in [2.05, 4.69) is 15.2 Å². The highest BCUT2D eigenvalue weighted by Gasteiger charge is 2.24. The highest BCUT2D eigenvalue weighted by molar-refractivity contribution is 5.91. The Morgan fingerprint density at radius 3 is 2.96 bits per heavy atom. The van der Waals surface area contributed by atoms with Gasteiger partial charge in [0, 0.05) is 25.1 Å². The largest absolute Gasteiger partial charge is 0.444 e. The summed E-state index contributed by atoms with van der Waals surface area (Å²) >= 11 is 0. The topological polar surface area (TPSA) is 79.1 Å². The monoisotopic (exact) mass is 346 g/mol. The molecule has 1 unspecified atom stereocenters. The Morgan fingerprint density at radius 1 is 1.44 bits per heavy atom. The molecule has 2 aromatic heterocycles. The van der Waals surface area contributed by atoms with Crippen LogP contribution in [0, 0.1) is 0 Å². The summed E-state index contributed by atoms with van der Waals surface area (Å²) in [6.45, 7) is 6.49. The minimum Gasteiger partial charge on any atom is -0.444 e. The van der Waals surface area contributed by atoms with Crippen molar-refractivity contribution in [2.45, 2.75) is 51.7 Å². The predicted octanol–water partition coefficient (Wildman–Crippen LogP) is 3.03. The molecule has 3 rings (SSSR count). The Morgan fingerprint density at radius 2 is 2.24 bits per heavy atom. The molecule has 1 amide bonds. The van der Waals surface area contributed by atoms with Crippen molar-refractivity contribution in [3.8, 4) is 0 Å². The zero-order chi connectivity index (χ0) is 18.0. The summed E-state index contributed by atoms with van der Waals surface area (Å²) in [5.74, 6) is 0. The number of piperidine rings is 1. The predicted molar refractivity (Wildman–Crippen MR) is 97.1 cm³/mol. The Bertz CT molecular complexity index is 750. The lowest BCUT2D eigenvalue weighted by Gasteiger charge is -2.36. The molecule has 1 aliphatic heterocycles. The van der Waals surface area contributed by atoms with Gasteiger partial charge in [0.05, 0.1) is 24.0 Å². The van der Waals surface area contributed by atoms with Crippen LogP contribution in [0.5, 0.6) is 0 Å². The molecule has 1 aliphatic rings. The summed E-state index contributed by atoms with van der Waals surface area (Å²) in [6.07, 6.45) is 8.19. The number of carbonyl (C=O) groups is 1. The number of nitrogens with one attached hydrogen (secondary N) is 1. The Hall–Kier alpha value is -2.28. The highest BCUT2D eigenvalue weighted by atomic mass is 16.6. The number of anilines is 2. The van der Waals surface area contributed by atoms with E-state index in [1.807, 2.05) is 43.6 Å². The second kappa shape index (κ2) is 6.92. The van der Waals surface area contributed by atoms with E-state index >= 15 is 0 Å². The first-order valence-corrected chi connectivity index (χ1v) is 8.71. The van der Waals surface area contributed by atoms with Gasteiger partial charge in [-0.3, -0.25) is 5.32 Å². The second-order valence-corrected chi connectivity index (χ2v) is 7.42. The third kappa shape index (κ3) is 4.04.